The first-order chi connectivity index (χ1) is 11.3. The van der Waals surface area contributed by atoms with Gasteiger partial charge in [0.25, 0.3) is 0 Å². The molecule has 0 bridgehead atoms. The number of rotatable bonds is 6. The molecule has 1 amide bonds. The monoisotopic (exact) mass is 348 g/mol. The first-order valence-corrected chi connectivity index (χ1v) is 8.43. The molecule has 1 N–H and O–H groups in total. The van der Waals surface area contributed by atoms with Gasteiger partial charge < -0.3 is 5.32 Å². The normalized spacial score (nSPS) is 12.5. The number of aromatic nitrogens is 2. The summed E-state index contributed by atoms with van der Waals surface area (Å²) >= 11 is 5.90. The smallest absolute Gasteiger partial charge is 0.241 e. The second-order valence-electron chi connectivity index (χ2n) is 6.19. The van der Waals surface area contributed by atoms with Crippen LogP contribution in [0, 0.1) is 13.8 Å². The topological polar surface area (TPSA) is 50.2 Å². The van der Waals surface area contributed by atoms with E-state index in [2.05, 4.69) is 10.4 Å². The summed E-state index contributed by atoms with van der Waals surface area (Å²) in [5.74, 6) is -0.0205. The third kappa shape index (κ3) is 4.36. The van der Waals surface area contributed by atoms with E-state index in [4.69, 9.17) is 11.6 Å². The molecule has 1 aromatic heterocycles. The fourth-order valence-corrected chi connectivity index (χ4v) is 2.66. The molecule has 1 heterocycles. The number of hydrogen-bond acceptors (Lipinski definition) is 3. The highest BCUT2D eigenvalue weighted by Crippen LogP contribution is 2.19. The van der Waals surface area contributed by atoms with Gasteiger partial charge in [-0.15, -0.1) is 0 Å². The number of nitrogens with one attached hydrogen (secondary N) is 1. The van der Waals surface area contributed by atoms with Crippen LogP contribution < -0.4 is 5.32 Å². The first-order valence-electron chi connectivity index (χ1n) is 8.05. The van der Waals surface area contributed by atoms with Crippen molar-refractivity contribution >= 4 is 23.2 Å². The molecule has 0 radical (unpaired) electrons. The summed E-state index contributed by atoms with van der Waals surface area (Å²) in [6, 6.07) is 7.59. The number of amides is 1. The molecule has 1 atom stereocenters. The predicted molar refractivity (Wildman–Crippen MR) is 98.6 cm³/mol. The van der Waals surface area contributed by atoms with Gasteiger partial charge in [0, 0.05) is 18.6 Å². The van der Waals surface area contributed by atoms with Crippen LogP contribution in [0.3, 0.4) is 0 Å². The number of benzene rings is 1. The lowest BCUT2D eigenvalue weighted by Gasteiger charge is -2.24. The van der Waals surface area contributed by atoms with Crippen molar-refractivity contribution in [1.29, 1.82) is 0 Å². The van der Waals surface area contributed by atoms with Crippen molar-refractivity contribution in [3.8, 4) is 0 Å². The highest BCUT2D eigenvalue weighted by molar-refractivity contribution is 6.30. The molecule has 0 aliphatic heterocycles. The van der Waals surface area contributed by atoms with Crippen molar-refractivity contribution in [3.63, 3.8) is 0 Å². The molecular weight excluding hydrogens is 324 g/mol. The Labute approximate surface area is 148 Å². The molecule has 6 heteroatoms. The van der Waals surface area contributed by atoms with Gasteiger partial charge in [-0.3, -0.25) is 14.4 Å². The molecule has 0 unspecified atom stereocenters. The average Bonchev–Trinajstić information content (AvgIpc) is 2.79. The van der Waals surface area contributed by atoms with Crippen LogP contribution >= 0.6 is 11.6 Å². The number of carbonyl (C=O) groups excluding carboxylic acids is 1. The molecule has 0 aliphatic rings. The first kappa shape index (κ1) is 18.5. The summed E-state index contributed by atoms with van der Waals surface area (Å²) in [5.41, 5.74) is 3.80. The fraction of sp³-hybridized carbons (Fsp3) is 0.444. The summed E-state index contributed by atoms with van der Waals surface area (Å²) in [7, 11) is 3.84. The van der Waals surface area contributed by atoms with Crippen LogP contribution in [0.2, 0.25) is 5.02 Å². The molecule has 1 aromatic carbocycles. The zero-order valence-electron chi connectivity index (χ0n) is 14.9. The van der Waals surface area contributed by atoms with Gasteiger partial charge in [0.15, 0.2) is 0 Å². The Morgan fingerprint density at radius 2 is 1.96 bits per heavy atom. The minimum absolute atomic E-state index is 0.0205. The Morgan fingerprint density at radius 1 is 1.33 bits per heavy atom. The van der Waals surface area contributed by atoms with Gasteiger partial charge in [-0.25, -0.2) is 0 Å². The van der Waals surface area contributed by atoms with E-state index >= 15 is 0 Å². The summed E-state index contributed by atoms with van der Waals surface area (Å²) in [6.45, 7) is 6.56. The second-order valence-corrected chi connectivity index (χ2v) is 6.63. The number of aryl methyl sites for hydroxylation is 2. The highest BCUT2D eigenvalue weighted by atomic mass is 35.5. The number of halogens is 1. The van der Waals surface area contributed by atoms with E-state index in [9.17, 15) is 4.79 Å². The van der Waals surface area contributed by atoms with E-state index in [1.165, 1.54) is 5.56 Å². The summed E-state index contributed by atoms with van der Waals surface area (Å²) in [5, 5.41) is 8.07. The van der Waals surface area contributed by atoms with Crippen molar-refractivity contribution in [2.75, 3.05) is 18.9 Å². The van der Waals surface area contributed by atoms with Crippen LogP contribution in [-0.2, 0) is 18.3 Å². The van der Waals surface area contributed by atoms with Gasteiger partial charge in [-0.2, -0.15) is 5.10 Å². The molecule has 2 aromatic rings. The van der Waals surface area contributed by atoms with E-state index in [0.29, 0.717) is 0 Å². The van der Waals surface area contributed by atoms with Gasteiger partial charge in [-0.1, -0.05) is 23.7 Å². The quantitative estimate of drug-likeness (QED) is 0.872. The Balaban J connectivity index is 1.93. The van der Waals surface area contributed by atoms with Crippen molar-refractivity contribution in [3.05, 3.63) is 46.2 Å². The Kier molecular flexibility index (Phi) is 6.02. The second kappa shape index (κ2) is 7.81. The van der Waals surface area contributed by atoms with Crippen LogP contribution in [0.5, 0.6) is 0 Å². The lowest BCUT2D eigenvalue weighted by atomic mass is 10.1. The van der Waals surface area contributed by atoms with Crippen molar-refractivity contribution in [2.24, 2.45) is 7.05 Å². The molecule has 24 heavy (non-hydrogen) atoms. The molecule has 0 saturated heterocycles. The molecule has 5 nitrogen and oxygen atoms in total. The zero-order valence-corrected chi connectivity index (χ0v) is 15.7. The summed E-state index contributed by atoms with van der Waals surface area (Å²) in [6.07, 6.45) is 0.871. The summed E-state index contributed by atoms with van der Waals surface area (Å²) in [4.78, 5) is 14.6. The van der Waals surface area contributed by atoms with Crippen LogP contribution in [0.1, 0.15) is 23.9 Å². The molecule has 0 saturated carbocycles. The third-order valence-electron chi connectivity index (χ3n) is 4.46. The minimum Gasteiger partial charge on any atom is -0.322 e. The van der Waals surface area contributed by atoms with Crippen molar-refractivity contribution in [2.45, 2.75) is 33.2 Å². The average molecular weight is 349 g/mol. The minimum atomic E-state index is -0.226. The molecule has 2 rings (SSSR count). The number of hydrogen-bond donors (Lipinski definition) is 1. The number of likely N-dealkylation sites (N-methyl/N-ethyl adjacent to an activating group) is 1. The lowest BCUT2D eigenvalue weighted by Crippen LogP contribution is -2.40. The molecule has 0 spiro atoms. The molecule has 0 fully saturated rings. The molecule has 0 aliphatic carbocycles. The standard InChI is InChI=1S/C18H25ClN4O/c1-12-17(13(2)23(5)21-12)20-18(24)14(3)22(4)11-10-15-6-8-16(19)9-7-15/h6-9,14H,10-11H2,1-5H3,(H,20,24)/t14-/m1/s1. The number of carbonyl (C=O) groups is 1. The van der Waals surface area contributed by atoms with E-state index < -0.39 is 0 Å². The van der Waals surface area contributed by atoms with Gasteiger partial charge in [0.2, 0.25) is 5.91 Å². The SMILES string of the molecule is Cc1nn(C)c(C)c1NC(=O)[C@@H](C)N(C)CCc1ccc(Cl)cc1. The molecule has 130 valence electrons. The van der Waals surface area contributed by atoms with Gasteiger partial charge in [0.1, 0.15) is 0 Å². The third-order valence-corrected chi connectivity index (χ3v) is 4.72. The Hall–Kier alpha value is -1.85. The Morgan fingerprint density at radius 3 is 2.50 bits per heavy atom. The summed E-state index contributed by atoms with van der Waals surface area (Å²) < 4.78 is 1.78. The van der Waals surface area contributed by atoms with Crippen LogP contribution in [0.4, 0.5) is 5.69 Å². The van der Waals surface area contributed by atoms with Crippen molar-refractivity contribution < 1.29 is 4.79 Å². The van der Waals surface area contributed by atoms with Crippen LogP contribution in [-0.4, -0.2) is 40.2 Å². The van der Waals surface area contributed by atoms with Crippen LogP contribution in [0.15, 0.2) is 24.3 Å². The molecular formula is C18H25ClN4O. The largest absolute Gasteiger partial charge is 0.322 e. The number of anilines is 1. The van der Waals surface area contributed by atoms with Crippen molar-refractivity contribution in [1.82, 2.24) is 14.7 Å². The van der Waals surface area contributed by atoms with E-state index in [1.54, 1.807) is 4.68 Å². The van der Waals surface area contributed by atoms with Gasteiger partial charge in [-0.05, 0) is 51.9 Å². The Bertz CT molecular complexity index is 709. The fourth-order valence-electron chi connectivity index (χ4n) is 2.53. The predicted octanol–water partition coefficient (Wildman–Crippen LogP) is 3.19. The van der Waals surface area contributed by atoms with E-state index in [-0.39, 0.29) is 11.9 Å². The zero-order chi connectivity index (χ0) is 17.9. The van der Waals surface area contributed by atoms with Crippen LogP contribution in [0.25, 0.3) is 0 Å². The number of nitrogens with zero attached hydrogens (tertiary/aromatic N) is 3. The van der Waals surface area contributed by atoms with E-state index in [0.717, 1.165) is 35.1 Å². The van der Waals surface area contributed by atoms with Gasteiger partial charge >= 0.3 is 0 Å². The maximum Gasteiger partial charge on any atom is 0.241 e. The lowest BCUT2D eigenvalue weighted by molar-refractivity contribution is -0.120. The van der Waals surface area contributed by atoms with E-state index in [1.807, 2.05) is 64.0 Å². The highest BCUT2D eigenvalue weighted by Gasteiger charge is 2.20. The van der Waals surface area contributed by atoms with Gasteiger partial charge in [0.05, 0.1) is 23.1 Å². The maximum absolute atomic E-state index is 12.5. The maximum atomic E-state index is 12.5.